The van der Waals surface area contributed by atoms with Crippen molar-refractivity contribution in [2.24, 2.45) is 5.92 Å². The second-order valence-electron chi connectivity index (χ2n) is 4.59. The summed E-state index contributed by atoms with van der Waals surface area (Å²) in [6.45, 7) is 6.52. The van der Waals surface area contributed by atoms with Crippen LogP contribution in [0.4, 0.5) is 0 Å². The van der Waals surface area contributed by atoms with Crippen molar-refractivity contribution in [2.75, 3.05) is 5.88 Å². The van der Waals surface area contributed by atoms with Gasteiger partial charge < -0.3 is 5.32 Å². The van der Waals surface area contributed by atoms with Gasteiger partial charge in [-0.3, -0.25) is 4.79 Å². The lowest BCUT2D eigenvalue weighted by molar-refractivity contribution is -0.121. The molecule has 3 heteroatoms. The Morgan fingerprint density at radius 2 is 1.87 bits per heavy atom. The predicted octanol–water partition coefficient (Wildman–Crippen LogP) is 3.34. The fourth-order valence-electron chi connectivity index (χ4n) is 1.48. The van der Waals surface area contributed by atoms with Gasteiger partial charge in [-0.05, 0) is 25.7 Å². The summed E-state index contributed by atoms with van der Waals surface area (Å²) >= 11 is 5.52. The Bertz CT molecular complexity index is 171. The maximum absolute atomic E-state index is 11.3. The summed E-state index contributed by atoms with van der Waals surface area (Å²) < 4.78 is 0. The van der Waals surface area contributed by atoms with Crippen LogP contribution in [0.25, 0.3) is 0 Å². The van der Waals surface area contributed by atoms with Crippen LogP contribution in [0, 0.1) is 5.92 Å². The Hall–Kier alpha value is -0.240. The Kier molecular flexibility index (Phi) is 8.88. The molecule has 15 heavy (non-hydrogen) atoms. The number of carbonyl (C=O) groups excluding carboxylic acids is 1. The van der Waals surface area contributed by atoms with Crippen LogP contribution in [-0.4, -0.2) is 17.8 Å². The Morgan fingerprint density at radius 1 is 1.20 bits per heavy atom. The standard InChI is InChI=1S/C12H24ClNO/c1-10(2)6-4-7-11(3)14-12(15)8-5-9-13/h10-11H,4-9H2,1-3H3,(H,14,15). The van der Waals surface area contributed by atoms with Gasteiger partial charge in [-0.25, -0.2) is 0 Å². The summed E-state index contributed by atoms with van der Waals surface area (Å²) in [4.78, 5) is 11.3. The molecule has 0 aliphatic rings. The molecule has 0 bridgehead atoms. The van der Waals surface area contributed by atoms with Crippen molar-refractivity contribution in [3.05, 3.63) is 0 Å². The third-order valence-electron chi connectivity index (χ3n) is 2.36. The van der Waals surface area contributed by atoms with Gasteiger partial charge in [0.15, 0.2) is 0 Å². The zero-order valence-electron chi connectivity index (χ0n) is 10.2. The van der Waals surface area contributed by atoms with Gasteiger partial charge in [-0.2, -0.15) is 0 Å². The van der Waals surface area contributed by atoms with Gasteiger partial charge in [-0.15, -0.1) is 11.6 Å². The highest BCUT2D eigenvalue weighted by Gasteiger charge is 2.06. The first-order valence-electron chi connectivity index (χ1n) is 5.91. The summed E-state index contributed by atoms with van der Waals surface area (Å²) in [6, 6.07) is 0.298. The highest BCUT2D eigenvalue weighted by molar-refractivity contribution is 6.17. The molecule has 0 spiro atoms. The van der Waals surface area contributed by atoms with Crippen LogP contribution in [0.2, 0.25) is 0 Å². The Balaban J connectivity index is 3.46. The zero-order valence-corrected chi connectivity index (χ0v) is 10.9. The van der Waals surface area contributed by atoms with E-state index in [1.807, 2.05) is 0 Å². The molecule has 0 fully saturated rings. The fourth-order valence-corrected chi connectivity index (χ4v) is 1.61. The Morgan fingerprint density at radius 3 is 2.40 bits per heavy atom. The molecule has 1 amide bonds. The van der Waals surface area contributed by atoms with E-state index in [2.05, 4.69) is 26.1 Å². The lowest BCUT2D eigenvalue weighted by Gasteiger charge is -2.14. The molecule has 1 atom stereocenters. The summed E-state index contributed by atoms with van der Waals surface area (Å²) in [6.07, 6.45) is 4.82. The van der Waals surface area contributed by atoms with E-state index >= 15 is 0 Å². The molecule has 0 rings (SSSR count). The normalized spacial score (nSPS) is 12.9. The molecule has 0 aliphatic heterocycles. The second-order valence-corrected chi connectivity index (χ2v) is 4.96. The number of nitrogens with one attached hydrogen (secondary N) is 1. The minimum atomic E-state index is 0.132. The third kappa shape index (κ3) is 10.1. The quantitative estimate of drug-likeness (QED) is 0.641. The average Bonchev–Trinajstić information content (AvgIpc) is 2.14. The highest BCUT2D eigenvalue weighted by Crippen LogP contribution is 2.08. The lowest BCUT2D eigenvalue weighted by atomic mass is 10.0. The van der Waals surface area contributed by atoms with E-state index in [0.717, 1.165) is 18.8 Å². The molecule has 0 radical (unpaired) electrons. The van der Waals surface area contributed by atoms with Gasteiger partial charge in [0, 0.05) is 18.3 Å². The molecule has 0 aromatic heterocycles. The van der Waals surface area contributed by atoms with Crippen LogP contribution >= 0.6 is 11.6 Å². The Labute approximate surface area is 98.8 Å². The second kappa shape index (κ2) is 9.02. The minimum Gasteiger partial charge on any atom is -0.354 e. The number of halogens is 1. The van der Waals surface area contributed by atoms with E-state index in [0.29, 0.717) is 18.3 Å². The maximum atomic E-state index is 11.3. The maximum Gasteiger partial charge on any atom is 0.220 e. The number of carbonyl (C=O) groups is 1. The minimum absolute atomic E-state index is 0.132. The summed E-state index contributed by atoms with van der Waals surface area (Å²) in [5.74, 6) is 1.45. The van der Waals surface area contributed by atoms with Gasteiger partial charge >= 0.3 is 0 Å². The van der Waals surface area contributed by atoms with E-state index in [-0.39, 0.29) is 5.91 Å². The molecule has 0 saturated heterocycles. The van der Waals surface area contributed by atoms with Crippen LogP contribution in [0.15, 0.2) is 0 Å². The van der Waals surface area contributed by atoms with Gasteiger partial charge in [0.2, 0.25) is 5.91 Å². The number of rotatable bonds is 8. The molecule has 0 aromatic carbocycles. The topological polar surface area (TPSA) is 29.1 Å². The van der Waals surface area contributed by atoms with E-state index < -0.39 is 0 Å². The first kappa shape index (κ1) is 14.8. The van der Waals surface area contributed by atoms with Gasteiger partial charge in [0.25, 0.3) is 0 Å². The molecular formula is C12H24ClNO. The molecule has 1 N–H and O–H groups in total. The summed E-state index contributed by atoms with van der Waals surface area (Å²) in [5, 5.41) is 2.99. The molecule has 0 aromatic rings. The number of hydrogen-bond acceptors (Lipinski definition) is 1. The number of alkyl halides is 1. The zero-order chi connectivity index (χ0) is 11.7. The van der Waals surface area contributed by atoms with Crippen molar-refractivity contribution in [1.29, 1.82) is 0 Å². The molecule has 90 valence electrons. The van der Waals surface area contributed by atoms with Gasteiger partial charge in [0.1, 0.15) is 0 Å². The van der Waals surface area contributed by atoms with Crippen molar-refractivity contribution in [3.8, 4) is 0 Å². The molecule has 1 unspecified atom stereocenters. The van der Waals surface area contributed by atoms with E-state index in [4.69, 9.17) is 11.6 Å². The van der Waals surface area contributed by atoms with Gasteiger partial charge in [-0.1, -0.05) is 26.7 Å². The van der Waals surface area contributed by atoms with E-state index in [1.165, 1.54) is 12.8 Å². The lowest BCUT2D eigenvalue weighted by Crippen LogP contribution is -2.32. The third-order valence-corrected chi connectivity index (χ3v) is 2.63. The van der Waals surface area contributed by atoms with Crippen LogP contribution in [0.5, 0.6) is 0 Å². The SMILES string of the molecule is CC(C)CCCC(C)NC(=O)CCCCl. The van der Waals surface area contributed by atoms with Gasteiger partial charge in [0.05, 0.1) is 0 Å². The van der Waals surface area contributed by atoms with Crippen molar-refractivity contribution in [2.45, 2.75) is 58.9 Å². The fraction of sp³-hybridized carbons (Fsp3) is 0.917. The van der Waals surface area contributed by atoms with Crippen LogP contribution in [0.1, 0.15) is 52.9 Å². The molecule has 0 aliphatic carbocycles. The number of amides is 1. The first-order valence-corrected chi connectivity index (χ1v) is 6.45. The largest absolute Gasteiger partial charge is 0.354 e. The summed E-state index contributed by atoms with van der Waals surface area (Å²) in [5.41, 5.74) is 0. The first-order chi connectivity index (χ1) is 7.06. The average molecular weight is 234 g/mol. The van der Waals surface area contributed by atoms with Crippen molar-refractivity contribution < 1.29 is 4.79 Å². The van der Waals surface area contributed by atoms with Crippen molar-refractivity contribution >= 4 is 17.5 Å². The molecule has 2 nitrogen and oxygen atoms in total. The van der Waals surface area contributed by atoms with E-state index in [1.54, 1.807) is 0 Å². The number of hydrogen-bond donors (Lipinski definition) is 1. The molecular weight excluding hydrogens is 210 g/mol. The predicted molar refractivity (Wildman–Crippen MR) is 66.2 cm³/mol. The van der Waals surface area contributed by atoms with Crippen molar-refractivity contribution in [1.82, 2.24) is 5.32 Å². The highest BCUT2D eigenvalue weighted by atomic mass is 35.5. The molecule has 0 saturated carbocycles. The van der Waals surface area contributed by atoms with Crippen molar-refractivity contribution in [3.63, 3.8) is 0 Å². The smallest absolute Gasteiger partial charge is 0.220 e. The summed E-state index contributed by atoms with van der Waals surface area (Å²) in [7, 11) is 0. The van der Waals surface area contributed by atoms with E-state index in [9.17, 15) is 4.79 Å². The monoisotopic (exact) mass is 233 g/mol. The van der Waals surface area contributed by atoms with Crippen LogP contribution in [-0.2, 0) is 4.79 Å². The molecule has 0 heterocycles. The van der Waals surface area contributed by atoms with Crippen LogP contribution in [0.3, 0.4) is 0 Å². The van der Waals surface area contributed by atoms with Crippen LogP contribution < -0.4 is 5.32 Å².